The van der Waals surface area contributed by atoms with Crippen molar-refractivity contribution < 1.29 is 4.79 Å². The number of pyridine rings is 1. The van der Waals surface area contributed by atoms with Gasteiger partial charge in [-0.05, 0) is 49.4 Å². The molecule has 156 valence electrons. The maximum absolute atomic E-state index is 13.3. The van der Waals surface area contributed by atoms with Gasteiger partial charge in [0, 0.05) is 18.2 Å². The summed E-state index contributed by atoms with van der Waals surface area (Å²) in [6.45, 7) is 2.66. The van der Waals surface area contributed by atoms with E-state index in [0.29, 0.717) is 18.0 Å². The lowest BCUT2D eigenvalue weighted by molar-refractivity contribution is 0.0955. The third-order valence-electron chi connectivity index (χ3n) is 5.83. The Morgan fingerprint density at radius 3 is 2.45 bits per heavy atom. The maximum atomic E-state index is 13.3. The van der Waals surface area contributed by atoms with Gasteiger partial charge >= 0.3 is 0 Å². The Morgan fingerprint density at radius 1 is 1.06 bits per heavy atom. The largest absolute Gasteiger partial charge is 0.352 e. The Balaban J connectivity index is 1.54. The van der Waals surface area contributed by atoms with Crippen LogP contribution in [0.3, 0.4) is 0 Å². The van der Waals surface area contributed by atoms with Crippen LogP contribution >= 0.6 is 0 Å². The standard InChI is InChI=1S/C26H26N4O/c1-2-20-17-22(26(31)27-16-15-18-9-5-3-6-10-18)23-24(19-13-14-19)29-30(25(23)28-20)21-11-7-4-8-12-21/h3-12,17,19H,2,13-16H2,1H3,(H,27,31). The van der Waals surface area contributed by atoms with Crippen molar-refractivity contribution in [3.05, 3.63) is 89.2 Å². The number of carbonyl (C=O) groups is 1. The maximum Gasteiger partial charge on any atom is 0.252 e. The van der Waals surface area contributed by atoms with Gasteiger partial charge in [0.25, 0.3) is 5.91 Å². The molecule has 0 spiro atoms. The summed E-state index contributed by atoms with van der Waals surface area (Å²) in [5.41, 5.74) is 5.56. The Hall–Kier alpha value is -3.47. The molecule has 4 aromatic rings. The molecule has 0 unspecified atom stereocenters. The monoisotopic (exact) mass is 410 g/mol. The minimum Gasteiger partial charge on any atom is -0.352 e. The van der Waals surface area contributed by atoms with Gasteiger partial charge in [0.1, 0.15) is 0 Å². The molecule has 1 saturated carbocycles. The van der Waals surface area contributed by atoms with Crippen LogP contribution in [-0.4, -0.2) is 27.2 Å². The van der Waals surface area contributed by atoms with Gasteiger partial charge in [0.05, 0.1) is 22.3 Å². The number of carbonyl (C=O) groups excluding carboxylic acids is 1. The molecule has 31 heavy (non-hydrogen) atoms. The van der Waals surface area contributed by atoms with Crippen LogP contribution in [0.4, 0.5) is 0 Å². The first kappa shape index (κ1) is 19.5. The molecular formula is C26H26N4O. The molecule has 0 aliphatic heterocycles. The highest BCUT2D eigenvalue weighted by atomic mass is 16.1. The minimum atomic E-state index is -0.0486. The molecule has 1 aliphatic rings. The van der Waals surface area contributed by atoms with Crippen LogP contribution in [-0.2, 0) is 12.8 Å². The number of aromatic nitrogens is 3. The first-order valence-electron chi connectivity index (χ1n) is 11.0. The van der Waals surface area contributed by atoms with Crippen LogP contribution in [0.15, 0.2) is 66.7 Å². The van der Waals surface area contributed by atoms with E-state index in [-0.39, 0.29) is 5.91 Å². The second kappa shape index (κ2) is 8.34. The van der Waals surface area contributed by atoms with Crippen molar-refractivity contribution in [3.8, 4) is 5.69 Å². The molecule has 2 heterocycles. The summed E-state index contributed by atoms with van der Waals surface area (Å²) in [4.78, 5) is 18.2. The minimum absolute atomic E-state index is 0.0486. The van der Waals surface area contributed by atoms with E-state index in [2.05, 4.69) is 24.4 Å². The van der Waals surface area contributed by atoms with Gasteiger partial charge in [-0.25, -0.2) is 9.67 Å². The van der Waals surface area contributed by atoms with Crippen molar-refractivity contribution in [2.24, 2.45) is 0 Å². The molecule has 2 aromatic heterocycles. The number of amides is 1. The molecule has 0 bridgehead atoms. The normalized spacial score (nSPS) is 13.5. The summed E-state index contributed by atoms with van der Waals surface area (Å²) in [5, 5.41) is 8.97. The molecule has 1 fully saturated rings. The number of hydrogen-bond donors (Lipinski definition) is 1. The van der Waals surface area contributed by atoms with Crippen LogP contribution in [0.5, 0.6) is 0 Å². The molecule has 2 aromatic carbocycles. The third-order valence-corrected chi connectivity index (χ3v) is 5.83. The van der Waals surface area contributed by atoms with Crippen molar-refractivity contribution >= 4 is 16.9 Å². The van der Waals surface area contributed by atoms with Crippen LogP contribution in [0.1, 0.15) is 53.0 Å². The van der Waals surface area contributed by atoms with Gasteiger partial charge in [0.2, 0.25) is 0 Å². The van der Waals surface area contributed by atoms with Gasteiger partial charge in [0.15, 0.2) is 5.65 Å². The van der Waals surface area contributed by atoms with E-state index in [1.54, 1.807) is 0 Å². The average molecular weight is 411 g/mol. The highest BCUT2D eigenvalue weighted by molar-refractivity contribution is 6.07. The zero-order valence-corrected chi connectivity index (χ0v) is 17.7. The van der Waals surface area contributed by atoms with E-state index in [1.807, 2.05) is 59.3 Å². The molecule has 1 amide bonds. The van der Waals surface area contributed by atoms with Crippen molar-refractivity contribution in [3.63, 3.8) is 0 Å². The van der Waals surface area contributed by atoms with Crippen LogP contribution in [0.25, 0.3) is 16.7 Å². The summed E-state index contributed by atoms with van der Waals surface area (Å²) >= 11 is 0. The molecule has 0 saturated heterocycles. The fourth-order valence-electron chi connectivity index (χ4n) is 4.01. The SMILES string of the molecule is CCc1cc(C(=O)NCCc2ccccc2)c2c(C3CC3)nn(-c3ccccc3)c2n1. The second-order valence-electron chi connectivity index (χ2n) is 8.11. The molecule has 5 heteroatoms. The molecule has 0 atom stereocenters. The Labute approximate surface area is 182 Å². The number of rotatable bonds is 7. The molecular weight excluding hydrogens is 384 g/mol. The van der Waals surface area contributed by atoms with E-state index in [1.165, 1.54) is 5.56 Å². The fourth-order valence-corrected chi connectivity index (χ4v) is 4.01. The van der Waals surface area contributed by atoms with Crippen molar-refractivity contribution in [2.45, 2.75) is 38.5 Å². The lowest BCUT2D eigenvalue weighted by atomic mass is 10.1. The number of benzene rings is 2. The molecule has 1 N–H and O–H groups in total. The van der Waals surface area contributed by atoms with Gasteiger partial charge in [-0.3, -0.25) is 4.79 Å². The van der Waals surface area contributed by atoms with Crippen LogP contribution in [0.2, 0.25) is 0 Å². The molecule has 0 radical (unpaired) electrons. The van der Waals surface area contributed by atoms with Gasteiger partial charge in [-0.2, -0.15) is 5.10 Å². The second-order valence-corrected chi connectivity index (χ2v) is 8.11. The Morgan fingerprint density at radius 2 is 1.77 bits per heavy atom. The summed E-state index contributed by atoms with van der Waals surface area (Å²) in [7, 11) is 0. The van der Waals surface area contributed by atoms with E-state index in [9.17, 15) is 4.79 Å². The number of nitrogens with one attached hydrogen (secondary N) is 1. The number of nitrogens with zero attached hydrogens (tertiary/aromatic N) is 3. The van der Waals surface area contributed by atoms with E-state index < -0.39 is 0 Å². The topological polar surface area (TPSA) is 59.8 Å². The number of hydrogen-bond acceptors (Lipinski definition) is 3. The molecule has 1 aliphatic carbocycles. The first-order chi connectivity index (χ1) is 15.2. The fraction of sp³-hybridized carbons (Fsp3) is 0.269. The predicted molar refractivity (Wildman–Crippen MR) is 123 cm³/mol. The Kier molecular flexibility index (Phi) is 5.24. The number of fused-ring (bicyclic) bond motifs is 1. The predicted octanol–water partition coefficient (Wildman–Crippen LogP) is 4.83. The Bertz CT molecular complexity index is 1210. The summed E-state index contributed by atoms with van der Waals surface area (Å²) in [5.74, 6) is 0.366. The third kappa shape index (κ3) is 3.96. The lowest BCUT2D eigenvalue weighted by Crippen LogP contribution is -2.26. The van der Waals surface area contributed by atoms with Crippen LogP contribution in [0, 0.1) is 0 Å². The van der Waals surface area contributed by atoms with Crippen molar-refractivity contribution in [1.29, 1.82) is 0 Å². The zero-order chi connectivity index (χ0) is 21.2. The highest BCUT2D eigenvalue weighted by Gasteiger charge is 2.32. The first-order valence-corrected chi connectivity index (χ1v) is 11.0. The molecule has 5 nitrogen and oxygen atoms in total. The van der Waals surface area contributed by atoms with Gasteiger partial charge < -0.3 is 5.32 Å². The highest BCUT2D eigenvalue weighted by Crippen LogP contribution is 2.43. The van der Waals surface area contributed by atoms with Crippen LogP contribution < -0.4 is 5.32 Å². The van der Waals surface area contributed by atoms with E-state index in [4.69, 9.17) is 10.1 Å². The summed E-state index contributed by atoms with van der Waals surface area (Å²) in [6, 6.07) is 22.2. The van der Waals surface area contributed by atoms with E-state index >= 15 is 0 Å². The zero-order valence-electron chi connectivity index (χ0n) is 17.7. The summed E-state index contributed by atoms with van der Waals surface area (Å²) in [6.07, 6.45) is 3.80. The average Bonchev–Trinajstić information content (AvgIpc) is 3.59. The van der Waals surface area contributed by atoms with Crippen molar-refractivity contribution in [1.82, 2.24) is 20.1 Å². The quantitative estimate of drug-likeness (QED) is 0.475. The van der Waals surface area contributed by atoms with Gasteiger partial charge in [-0.1, -0.05) is 55.5 Å². The van der Waals surface area contributed by atoms with Gasteiger partial charge in [-0.15, -0.1) is 0 Å². The molecule has 5 rings (SSSR count). The number of aryl methyl sites for hydroxylation is 1. The van der Waals surface area contributed by atoms with E-state index in [0.717, 1.165) is 53.8 Å². The smallest absolute Gasteiger partial charge is 0.252 e. The summed E-state index contributed by atoms with van der Waals surface area (Å²) < 4.78 is 1.91. The number of para-hydroxylation sites is 1. The lowest BCUT2D eigenvalue weighted by Gasteiger charge is -2.10. The van der Waals surface area contributed by atoms with Crippen molar-refractivity contribution in [2.75, 3.05) is 6.54 Å².